The molecular weight excluding hydrogens is 344 g/mol. The summed E-state index contributed by atoms with van der Waals surface area (Å²) in [5, 5.41) is 29.3. The summed E-state index contributed by atoms with van der Waals surface area (Å²) in [6.07, 6.45) is 1.35. The van der Waals surface area contributed by atoms with Gasteiger partial charge in [-0.3, -0.25) is 9.58 Å². The van der Waals surface area contributed by atoms with Gasteiger partial charge in [0.1, 0.15) is 22.3 Å². The molecule has 3 heterocycles. The van der Waals surface area contributed by atoms with Crippen LogP contribution in [0.3, 0.4) is 0 Å². The van der Waals surface area contributed by atoms with Gasteiger partial charge in [0.25, 0.3) is 0 Å². The molecule has 0 aromatic carbocycles. The molecule has 0 radical (unpaired) electrons. The van der Waals surface area contributed by atoms with E-state index < -0.39 is 0 Å². The SMILES string of the molecule is Cc1cc(-c2nn(C)c(Cl)c2CN2CCC3(CC2)[C@H](O)C[C@@H]3O)no1. The Morgan fingerprint density at radius 2 is 2.00 bits per heavy atom. The molecule has 1 saturated heterocycles. The second kappa shape index (κ2) is 6.09. The van der Waals surface area contributed by atoms with E-state index in [0.29, 0.717) is 23.8 Å². The average Bonchev–Trinajstić information content (AvgIpc) is 3.14. The summed E-state index contributed by atoms with van der Waals surface area (Å²) in [5.41, 5.74) is 2.06. The molecule has 25 heavy (non-hydrogen) atoms. The third-order valence-corrected chi connectivity index (χ3v) is 6.35. The number of hydrogen-bond acceptors (Lipinski definition) is 6. The monoisotopic (exact) mass is 366 g/mol. The first-order valence-corrected chi connectivity index (χ1v) is 9.02. The lowest BCUT2D eigenvalue weighted by Crippen LogP contribution is -2.61. The third-order valence-electron chi connectivity index (χ3n) is 5.88. The summed E-state index contributed by atoms with van der Waals surface area (Å²) in [4.78, 5) is 2.29. The zero-order valence-corrected chi connectivity index (χ0v) is 15.2. The van der Waals surface area contributed by atoms with Gasteiger partial charge in [-0.15, -0.1) is 0 Å². The van der Waals surface area contributed by atoms with Crippen molar-refractivity contribution in [2.75, 3.05) is 13.1 Å². The van der Waals surface area contributed by atoms with E-state index in [0.717, 1.165) is 42.9 Å². The molecule has 136 valence electrons. The van der Waals surface area contributed by atoms with Gasteiger partial charge in [0, 0.05) is 37.1 Å². The molecule has 4 rings (SSSR count). The molecule has 2 atom stereocenters. The lowest BCUT2D eigenvalue weighted by molar-refractivity contribution is -0.190. The normalized spacial score (nSPS) is 26.1. The number of rotatable bonds is 3. The predicted molar refractivity (Wildman–Crippen MR) is 92.0 cm³/mol. The zero-order chi connectivity index (χ0) is 17.8. The number of aryl methyl sites for hydroxylation is 2. The van der Waals surface area contributed by atoms with Crippen LogP contribution in [-0.2, 0) is 13.6 Å². The fraction of sp³-hybridized carbons (Fsp3) is 0.647. The van der Waals surface area contributed by atoms with Crippen LogP contribution in [-0.4, -0.2) is 55.3 Å². The van der Waals surface area contributed by atoms with Crippen LogP contribution < -0.4 is 0 Å². The average molecular weight is 367 g/mol. The van der Waals surface area contributed by atoms with Crippen LogP contribution in [0.2, 0.25) is 5.15 Å². The second-order valence-electron chi connectivity index (χ2n) is 7.34. The second-order valence-corrected chi connectivity index (χ2v) is 7.70. The van der Waals surface area contributed by atoms with Crippen LogP contribution in [0.5, 0.6) is 0 Å². The van der Waals surface area contributed by atoms with Gasteiger partial charge in [0.15, 0.2) is 0 Å². The van der Waals surface area contributed by atoms with Crippen molar-refractivity contribution in [1.29, 1.82) is 0 Å². The predicted octanol–water partition coefficient (Wildman–Crippen LogP) is 1.74. The summed E-state index contributed by atoms with van der Waals surface area (Å²) in [6, 6.07) is 1.86. The van der Waals surface area contributed by atoms with Gasteiger partial charge in [0.2, 0.25) is 0 Å². The van der Waals surface area contributed by atoms with E-state index in [1.807, 2.05) is 20.0 Å². The Kier molecular flexibility index (Phi) is 4.15. The Bertz CT molecular complexity index is 769. The van der Waals surface area contributed by atoms with Crippen LogP contribution in [0.1, 0.15) is 30.6 Å². The Morgan fingerprint density at radius 3 is 2.56 bits per heavy atom. The van der Waals surface area contributed by atoms with E-state index in [1.54, 1.807) is 4.68 Å². The Hall–Kier alpha value is -1.41. The number of piperidine rings is 1. The van der Waals surface area contributed by atoms with E-state index >= 15 is 0 Å². The molecule has 0 bridgehead atoms. The van der Waals surface area contributed by atoms with Crippen molar-refractivity contribution in [1.82, 2.24) is 19.8 Å². The van der Waals surface area contributed by atoms with Crippen molar-refractivity contribution < 1.29 is 14.7 Å². The number of aromatic nitrogens is 3. The standard InChI is InChI=1S/C17H23ClN4O3/c1-10-7-12(20-25-10)15-11(16(18)21(2)19-15)9-22-5-3-17(4-6-22)13(23)8-14(17)24/h7,13-14,23-24H,3-6,8-9H2,1-2H3/t13-,14+. The number of halogens is 1. The Morgan fingerprint density at radius 1 is 1.32 bits per heavy atom. The van der Waals surface area contributed by atoms with Crippen LogP contribution in [0.4, 0.5) is 0 Å². The topological polar surface area (TPSA) is 87.6 Å². The molecule has 2 aliphatic rings. The number of nitrogens with zero attached hydrogens (tertiary/aromatic N) is 4. The molecule has 0 amide bonds. The summed E-state index contributed by atoms with van der Waals surface area (Å²) in [6.45, 7) is 4.14. The van der Waals surface area contributed by atoms with Crippen molar-refractivity contribution in [3.8, 4) is 11.4 Å². The molecule has 0 unspecified atom stereocenters. The maximum absolute atomic E-state index is 10.1. The Balaban J connectivity index is 1.52. The third kappa shape index (κ3) is 2.70. The molecule has 8 heteroatoms. The maximum atomic E-state index is 10.1. The molecule has 2 fully saturated rings. The summed E-state index contributed by atoms with van der Waals surface area (Å²) < 4.78 is 6.83. The summed E-state index contributed by atoms with van der Waals surface area (Å²) >= 11 is 6.47. The van der Waals surface area contributed by atoms with E-state index in [4.69, 9.17) is 16.1 Å². The van der Waals surface area contributed by atoms with Crippen molar-refractivity contribution in [2.24, 2.45) is 12.5 Å². The molecular formula is C17H23ClN4O3. The molecule has 2 N–H and O–H groups in total. The Labute approximate surface area is 151 Å². The highest BCUT2D eigenvalue weighted by Gasteiger charge is 2.54. The van der Waals surface area contributed by atoms with Gasteiger partial charge in [0.05, 0.1) is 12.2 Å². The van der Waals surface area contributed by atoms with E-state index in [9.17, 15) is 10.2 Å². The molecule has 1 spiro atoms. The molecule has 1 aliphatic carbocycles. The minimum absolute atomic E-state index is 0.304. The quantitative estimate of drug-likeness (QED) is 0.860. The van der Waals surface area contributed by atoms with Gasteiger partial charge in [-0.1, -0.05) is 16.8 Å². The molecule has 1 saturated carbocycles. The van der Waals surface area contributed by atoms with Gasteiger partial charge in [-0.25, -0.2) is 0 Å². The summed E-state index contributed by atoms with van der Waals surface area (Å²) in [5.74, 6) is 0.732. The van der Waals surface area contributed by atoms with Crippen molar-refractivity contribution in [3.63, 3.8) is 0 Å². The zero-order valence-electron chi connectivity index (χ0n) is 14.4. The number of aliphatic hydroxyl groups excluding tert-OH is 2. The minimum Gasteiger partial charge on any atom is -0.392 e. The van der Waals surface area contributed by atoms with Gasteiger partial charge < -0.3 is 14.7 Å². The smallest absolute Gasteiger partial charge is 0.134 e. The van der Waals surface area contributed by atoms with Crippen LogP contribution in [0, 0.1) is 12.3 Å². The highest BCUT2D eigenvalue weighted by molar-refractivity contribution is 6.30. The number of hydrogen-bond donors (Lipinski definition) is 2. The van der Waals surface area contributed by atoms with Crippen LogP contribution in [0.15, 0.2) is 10.6 Å². The first-order valence-electron chi connectivity index (χ1n) is 8.64. The first kappa shape index (κ1) is 17.0. The largest absolute Gasteiger partial charge is 0.392 e. The fourth-order valence-corrected chi connectivity index (χ4v) is 4.32. The lowest BCUT2D eigenvalue weighted by Gasteiger charge is -2.55. The van der Waals surface area contributed by atoms with Crippen molar-refractivity contribution in [3.05, 3.63) is 22.5 Å². The van der Waals surface area contributed by atoms with Gasteiger partial charge in [-0.05, 0) is 32.9 Å². The highest BCUT2D eigenvalue weighted by Crippen LogP contribution is 2.49. The van der Waals surface area contributed by atoms with Crippen LogP contribution >= 0.6 is 11.6 Å². The summed E-state index contributed by atoms with van der Waals surface area (Å²) in [7, 11) is 1.81. The molecule has 7 nitrogen and oxygen atoms in total. The lowest BCUT2D eigenvalue weighted by atomic mass is 9.58. The molecule has 2 aromatic heterocycles. The van der Waals surface area contributed by atoms with Crippen LogP contribution in [0.25, 0.3) is 11.4 Å². The van der Waals surface area contributed by atoms with Crippen molar-refractivity contribution in [2.45, 2.75) is 44.9 Å². The first-order chi connectivity index (χ1) is 11.9. The van der Waals surface area contributed by atoms with Gasteiger partial charge in [-0.2, -0.15) is 5.10 Å². The van der Waals surface area contributed by atoms with E-state index in [-0.39, 0.29) is 17.6 Å². The molecule has 2 aromatic rings. The fourth-order valence-electron chi connectivity index (χ4n) is 4.13. The van der Waals surface area contributed by atoms with Crippen molar-refractivity contribution >= 4 is 11.6 Å². The van der Waals surface area contributed by atoms with E-state index in [2.05, 4.69) is 15.2 Å². The van der Waals surface area contributed by atoms with E-state index in [1.165, 1.54) is 0 Å². The minimum atomic E-state index is -0.375. The number of aliphatic hydroxyl groups is 2. The highest BCUT2D eigenvalue weighted by atomic mass is 35.5. The van der Waals surface area contributed by atoms with Gasteiger partial charge >= 0.3 is 0 Å². The maximum Gasteiger partial charge on any atom is 0.134 e. The number of likely N-dealkylation sites (tertiary alicyclic amines) is 1. The molecule has 1 aliphatic heterocycles.